The third-order valence-electron chi connectivity index (χ3n) is 8.12. The minimum absolute atomic E-state index is 0.0678. The Kier molecular flexibility index (Phi) is 10.7. The minimum atomic E-state index is -3.63. The minimum Gasteiger partial charge on any atom is -0.493 e. The van der Waals surface area contributed by atoms with E-state index in [9.17, 15) is 22.8 Å². The number of ether oxygens (including phenoxy) is 4. The van der Waals surface area contributed by atoms with Crippen molar-refractivity contribution in [1.82, 2.24) is 14.6 Å². The predicted octanol–water partition coefficient (Wildman–Crippen LogP) is 3.62. The lowest BCUT2D eigenvalue weighted by atomic mass is 9.93. The highest BCUT2D eigenvalue weighted by Crippen LogP contribution is 2.42. The van der Waals surface area contributed by atoms with Crippen LogP contribution in [-0.4, -0.2) is 88.1 Å². The fourth-order valence-corrected chi connectivity index (χ4v) is 6.52. The number of carboxylic acids is 1. The number of aliphatic carboxylic acids is 1. The van der Waals surface area contributed by atoms with Crippen LogP contribution in [0.15, 0.2) is 78.2 Å². The van der Waals surface area contributed by atoms with Crippen molar-refractivity contribution < 1.29 is 46.9 Å². The summed E-state index contributed by atoms with van der Waals surface area (Å²) in [6, 6.07) is 13.7. The highest BCUT2D eigenvalue weighted by Gasteiger charge is 2.45. The maximum atomic E-state index is 14.2. The van der Waals surface area contributed by atoms with Crippen molar-refractivity contribution in [3.05, 3.63) is 95.8 Å². The van der Waals surface area contributed by atoms with Crippen LogP contribution in [0, 0.1) is 0 Å². The van der Waals surface area contributed by atoms with Gasteiger partial charge in [-0.2, -0.15) is 0 Å². The lowest BCUT2D eigenvalue weighted by Gasteiger charge is -2.40. The van der Waals surface area contributed by atoms with Crippen molar-refractivity contribution in [2.24, 2.45) is 0 Å². The number of carbonyl (C=O) groups is 3. The summed E-state index contributed by atoms with van der Waals surface area (Å²) in [5, 5.41) is 9.15. The standard InChI is InChI=1S/C34H36N4O10S/c1-5-15-47-34(42)38-27-19-30(48-20-24-8-6-7-23(36-24)17-31(39)40)29(45-3)18-26(27)32(41)37-14-13-22(16-28(37)33(38)46-4)21-9-11-25(12-10-21)49(43,44)35-2/h5-13,18-19,28,33,35H,1,14-17,20H2,2-4H3,(H,39,40)/t28-,33?/m0/s1. The van der Waals surface area contributed by atoms with Gasteiger partial charge >= 0.3 is 12.1 Å². The van der Waals surface area contributed by atoms with E-state index >= 15 is 0 Å². The second-order valence-electron chi connectivity index (χ2n) is 11.1. The number of nitrogens with one attached hydrogen (secondary N) is 1. The second kappa shape index (κ2) is 14.9. The number of fused-ring (bicyclic) bond motifs is 2. The summed E-state index contributed by atoms with van der Waals surface area (Å²) < 4.78 is 49.9. The van der Waals surface area contributed by atoms with Crippen molar-refractivity contribution >= 4 is 39.3 Å². The number of amides is 2. The number of methoxy groups -OCH3 is 2. The first kappa shape index (κ1) is 35.1. The van der Waals surface area contributed by atoms with Gasteiger partial charge in [-0.1, -0.05) is 36.9 Å². The molecule has 1 aromatic heterocycles. The molecule has 0 bridgehead atoms. The quantitative estimate of drug-likeness (QED) is 0.266. The van der Waals surface area contributed by atoms with E-state index in [2.05, 4.69) is 16.3 Å². The number of sulfonamides is 1. The Hall–Kier alpha value is -5.25. The summed E-state index contributed by atoms with van der Waals surface area (Å²) in [5.74, 6) is -1.01. The van der Waals surface area contributed by atoms with Gasteiger partial charge in [0.25, 0.3) is 5.91 Å². The summed E-state index contributed by atoms with van der Waals surface area (Å²) in [4.78, 5) is 46.5. The number of carbonyl (C=O) groups excluding carboxylic acids is 2. The number of hydrogen-bond donors (Lipinski definition) is 2. The molecule has 258 valence electrons. The van der Waals surface area contributed by atoms with E-state index in [1.807, 2.05) is 6.08 Å². The van der Waals surface area contributed by atoms with Gasteiger partial charge < -0.3 is 29.0 Å². The SMILES string of the molecule is C=CCOC(=O)N1c2cc(OCc3cccc(CC(=O)O)n3)c(OC)cc2C(=O)N2CC=C(c3ccc(S(=O)(=O)NC)cc3)C[C@H]2C1OC. The first-order chi connectivity index (χ1) is 23.5. The predicted molar refractivity (Wildman–Crippen MR) is 178 cm³/mol. The van der Waals surface area contributed by atoms with Crippen LogP contribution in [0.25, 0.3) is 5.57 Å². The molecule has 14 nitrogen and oxygen atoms in total. The van der Waals surface area contributed by atoms with Crippen molar-refractivity contribution in [2.45, 2.75) is 36.6 Å². The van der Waals surface area contributed by atoms with E-state index < -0.39 is 34.4 Å². The van der Waals surface area contributed by atoms with Crippen LogP contribution in [0.1, 0.15) is 33.7 Å². The first-order valence-electron chi connectivity index (χ1n) is 15.2. The van der Waals surface area contributed by atoms with Gasteiger partial charge in [-0.25, -0.2) is 22.8 Å². The molecule has 15 heteroatoms. The van der Waals surface area contributed by atoms with Crippen LogP contribution in [-0.2, 0) is 37.3 Å². The van der Waals surface area contributed by atoms with E-state index in [1.54, 1.807) is 35.2 Å². The molecule has 2 aliphatic rings. The molecule has 2 amide bonds. The molecule has 0 fully saturated rings. The number of benzene rings is 2. The van der Waals surface area contributed by atoms with Crippen LogP contribution < -0.4 is 19.1 Å². The Morgan fingerprint density at radius 1 is 1.10 bits per heavy atom. The van der Waals surface area contributed by atoms with E-state index in [0.29, 0.717) is 11.4 Å². The van der Waals surface area contributed by atoms with Gasteiger partial charge in [0.2, 0.25) is 10.0 Å². The van der Waals surface area contributed by atoms with Gasteiger partial charge in [0, 0.05) is 19.7 Å². The van der Waals surface area contributed by atoms with Gasteiger partial charge in [-0.15, -0.1) is 0 Å². The molecule has 49 heavy (non-hydrogen) atoms. The Labute approximate surface area is 283 Å². The molecule has 1 unspecified atom stereocenters. The van der Waals surface area contributed by atoms with Crippen LogP contribution in [0.3, 0.4) is 0 Å². The Morgan fingerprint density at radius 2 is 1.84 bits per heavy atom. The Morgan fingerprint density at radius 3 is 2.49 bits per heavy atom. The monoisotopic (exact) mass is 692 g/mol. The number of rotatable bonds is 12. The van der Waals surface area contributed by atoms with Crippen LogP contribution in [0.5, 0.6) is 11.5 Å². The molecule has 0 radical (unpaired) electrons. The number of pyridine rings is 1. The average molecular weight is 693 g/mol. The topological polar surface area (TPSA) is 174 Å². The lowest BCUT2D eigenvalue weighted by Crippen LogP contribution is -2.55. The molecule has 0 saturated carbocycles. The van der Waals surface area contributed by atoms with Gasteiger partial charge in [0.15, 0.2) is 17.7 Å². The first-order valence-corrected chi connectivity index (χ1v) is 16.6. The zero-order chi connectivity index (χ0) is 35.3. The molecule has 2 aromatic carbocycles. The summed E-state index contributed by atoms with van der Waals surface area (Å²) in [6.07, 6.45) is 1.50. The van der Waals surface area contributed by atoms with E-state index in [-0.39, 0.29) is 66.2 Å². The van der Waals surface area contributed by atoms with Crippen molar-refractivity contribution in [3.63, 3.8) is 0 Å². The lowest BCUT2D eigenvalue weighted by molar-refractivity contribution is -0.136. The number of anilines is 1. The molecule has 0 saturated heterocycles. The van der Waals surface area contributed by atoms with E-state index in [4.69, 9.17) is 24.1 Å². The highest BCUT2D eigenvalue weighted by atomic mass is 32.2. The number of aromatic nitrogens is 1. The molecular formula is C34H36N4O10S. The van der Waals surface area contributed by atoms with E-state index in [1.165, 1.54) is 56.5 Å². The summed E-state index contributed by atoms with van der Waals surface area (Å²) in [7, 11) is 0.551. The second-order valence-corrected chi connectivity index (χ2v) is 12.9. The van der Waals surface area contributed by atoms with Gasteiger partial charge in [-0.3, -0.25) is 14.6 Å². The molecule has 5 rings (SSSR count). The van der Waals surface area contributed by atoms with Gasteiger partial charge in [-0.05, 0) is 54.9 Å². The molecule has 2 aliphatic heterocycles. The fourth-order valence-electron chi connectivity index (χ4n) is 5.79. The third-order valence-corrected chi connectivity index (χ3v) is 9.55. The molecule has 0 aliphatic carbocycles. The summed E-state index contributed by atoms with van der Waals surface area (Å²) in [6.45, 7) is 3.63. The van der Waals surface area contributed by atoms with E-state index in [0.717, 1.165) is 11.1 Å². The molecule has 2 atom stereocenters. The molecule has 0 spiro atoms. The average Bonchev–Trinajstić information content (AvgIpc) is 3.20. The third kappa shape index (κ3) is 7.43. The zero-order valence-corrected chi connectivity index (χ0v) is 27.9. The Bertz CT molecular complexity index is 1890. The highest BCUT2D eigenvalue weighted by molar-refractivity contribution is 7.89. The van der Waals surface area contributed by atoms with Crippen LogP contribution in [0.4, 0.5) is 10.5 Å². The molecule has 3 aromatic rings. The van der Waals surface area contributed by atoms with Gasteiger partial charge in [0.1, 0.15) is 13.2 Å². The smallest absolute Gasteiger partial charge is 0.416 e. The molecule has 2 N–H and O–H groups in total. The molecular weight excluding hydrogens is 656 g/mol. The van der Waals surface area contributed by atoms with Crippen molar-refractivity contribution in [2.75, 3.05) is 39.3 Å². The molecule has 3 heterocycles. The van der Waals surface area contributed by atoms with Crippen molar-refractivity contribution in [1.29, 1.82) is 0 Å². The normalized spacial score (nSPS) is 17.3. The summed E-state index contributed by atoms with van der Waals surface area (Å²) >= 11 is 0. The Balaban J connectivity index is 1.53. The summed E-state index contributed by atoms with van der Waals surface area (Å²) in [5.41, 5.74) is 2.69. The number of hydrogen-bond acceptors (Lipinski definition) is 10. The van der Waals surface area contributed by atoms with Crippen LogP contribution >= 0.6 is 0 Å². The van der Waals surface area contributed by atoms with Crippen LogP contribution in [0.2, 0.25) is 0 Å². The number of nitrogens with zero attached hydrogens (tertiary/aromatic N) is 3. The largest absolute Gasteiger partial charge is 0.493 e. The van der Waals surface area contributed by atoms with Crippen molar-refractivity contribution in [3.8, 4) is 11.5 Å². The maximum Gasteiger partial charge on any atom is 0.416 e. The zero-order valence-electron chi connectivity index (χ0n) is 27.1. The maximum absolute atomic E-state index is 14.2. The fraction of sp³-hybridized carbons (Fsp3) is 0.294. The number of carboxylic acid groups (broad SMARTS) is 1. The van der Waals surface area contributed by atoms with Gasteiger partial charge in [0.05, 0.1) is 47.1 Å².